The molecule has 2 aromatic carbocycles. The molecule has 0 aliphatic carbocycles. The van der Waals surface area contributed by atoms with Crippen molar-refractivity contribution in [3.63, 3.8) is 0 Å². The lowest BCUT2D eigenvalue weighted by molar-refractivity contribution is 0.303. The lowest BCUT2D eigenvalue weighted by atomic mass is 10.2. The second-order valence-corrected chi connectivity index (χ2v) is 5.41. The highest BCUT2D eigenvalue weighted by Crippen LogP contribution is 2.22. The lowest BCUT2D eigenvalue weighted by Gasteiger charge is -2.07. The van der Waals surface area contributed by atoms with Crippen molar-refractivity contribution in [1.29, 1.82) is 0 Å². The van der Waals surface area contributed by atoms with E-state index in [1.54, 1.807) is 18.2 Å². The Morgan fingerprint density at radius 1 is 1.00 bits per heavy atom. The fourth-order valence-corrected chi connectivity index (χ4v) is 2.19. The first-order valence-electron chi connectivity index (χ1n) is 5.07. The van der Waals surface area contributed by atoms with Gasteiger partial charge in [0.25, 0.3) is 0 Å². The molecule has 18 heavy (non-hydrogen) atoms. The minimum Gasteiger partial charge on any atom is -0.489 e. The average Bonchev–Trinajstić information content (AvgIpc) is 2.29. The van der Waals surface area contributed by atoms with E-state index in [1.807, 2.05) is 0 Å². The maximum Gasteiger partial charge on any atom is 0.141 e. The van der Waals surface area contributed by atoms with Crippen LogP contribution in [0, 0.1) is 11.6 Å². The standard InChI is InChI=1S/C13H8Br2F2O/c14-9-3-8(4-10(16)5-9)7-18-11-1-2-12(15)13(17)6-11/h1-6H,7H2. The van der Waals surface area contributed by atoms with Gasteiger partial charge in [0.15, 0.2) is 0 Å². The molecule has 0 aromatic heterocycles. The third-order valence-electron chi connectivity index (χ3n) is 2.22. The quantitative estimate of drug-likeness (QED) is 0.725. The molecule has 2 rings (SSSR count). The van der Waals surface area contributed by atoms with Crippen molar-refractivity contribution in [2.24, 2.45) is 0 Å². The van der Waals surface area contributed by atoms with Crippen LogP contribution < -0.4 is 4.74 Å². The molecule has 0 fully saturated rings. The number of hydrogen-bond acceptors (Lipinski definition) is 1. The summed E-state index contributed by atoms with van der Waals surface area (Å²) in [5, 5.41) is 0. The van der Waals surface area contributed by atoms with E-state index < -0.39 is 5.82 Å². The molecule has 94 valence electrons. The second-order valence-electron chi connectivity index (χ2n) is 3.64. The molecular weight excluding hydrogens is 370 g/mol. The van der Waals surface area contributed by atoms with Crippen LogP contribution in [-0.2, 0) is 6.61 Å². The lowest BCUT2D eigenvalue weighted by Crippen LogP contribution is -1.96. The zero-order valence-electron chi connectivity index (χ0n) is 9.09. The van der Waals surface area contributed by atoms with E-state index in [4.69, 9.17) is 4.74 Å². The number of hydrogen-bond donors (Lipinski definition) is 0. The summed E-state index contributed by atoms with van der Waals surface area (Å²) < 4.78 is 32.8. The fourth-order valence-electron chi connectivity index (χ4n) is 1.43. The normalized spacial score (nSPS) is 10.4. The summed E-state index contributed by atoms with van der Waals surface area (Å²) in [5.74, 6) is -0.339. The Morgan fingerprint density at radius 2 is 1.78 bits per heavy atom. The van der Waals surface area contributed by atoms with Crippen LogP contribution in [0.1, 0.15) is 5.56 Å². The molecule has 0 aliphatic heterocycles. The van der Waals surface area contributed by atoms with E-state index in [0.29, 0.717) is 20.3 Å². The molecular formula is C13H8Br2F2O. The van der Waals surface area contributed by atoms with Gasteiger partial charge in [-0.2, -0.15) is 0 Å². The molecule has 0 spiro atoms. The third-order valence-corrected chi connectivity index (χ3v) is 3.32. The average molecular weight is 378 g/mol. The van der Waals surface area contributed by atoms with E-state index >= 15 is 0 Å². The van der Waals surface area contributed by atoms with Crippen molar-refractivity contribution >= 4 is 31.9 Å². The monoisotopic (exact) mass is 376 g/mol. The zero-order valence-corrected chi connectivity index (χ0v) is 12.3. The number of ether oxygens (including phenoxy) is 1. The topological polar surface area (TPSA) is 9.23 Å². The van der Waals surface area contributed by atoms with Crippen LogP contribution in [0.25, 0.3) is 0 Å². The van der Waals surface area contributed by atoms with E-state index in [9.17, 15) is 8.78 Å². The molecule has 0 saturated heterocycles. The van der Waals surface area contributed by atoms with Gasteiger partial charge in [-0.3, -0.25) is 0 Å². The van der Waals surface area contributed by atoms with Crippen molar-refractivity contribution in [2.75, 3.05) is 0 Å². The first-order chi connectivity index (χ1) is 8.54. The summed E-state index contributed by atoms with van der Waals surface area (Å²) in [6, 6.07) is 8.97. The Morgan fingerprint density at radius 3 is 2.44 bits per heavy atom. The van der Waals surface area contributed by atoms with Crippen molar-refractivity contribution < 1.29 is 13.5 Å². The zero-order chi connectivity index (χ0) is 13.1. The van der Waals surface area contributed by atoms with Gasteiger partial charge < -0.3 is 4.74 Å². The van der Waals surface area contributed by atoms with Crippen LogP contribution >= 0.6 is 31.9 Å². The predicted molar refractivity (Wildman–Crippen MR) is 72.5 cm³/mol. The minimum absolute atomic E-state index is 0.178. The third kappa shape index (κ3) is 3.53. The van der Waals surface area contributed by atoms with Gasteiger partial charge in [-0.15, -0.1) is 0 Å². The minimum atomic E-state index is -0.395. The van der Waals surface area contributed by atoms with Gasteiger partial charge in [0.1, 0.15) is 24.0 Å². The van der Waals surface area contributed by atoms with E-state index in [0.717, 1.165) is 0 Å². The Labute approximate surface area is 120 Å². The van der Waals surface area contributed by atoms with Crippen LogP contribution in [0.3, 0.4) is 0 Å². The predicted octanol–water partition coefficient (Wildman–Crippen LogP) is 5.07. The van der Waals surface area contributed by atoms with Crippen LogP contribution in [-0.4, -0.2) is 0 Å². The molecule has 0 radical (unpaired) electrons. The van der Waals surface area contributed by atoms with Gasteiger partial charge in [0.05, 0.1) is 4.47 Å². The first kappa shape index (κ1) is 13.5. The van der Waals surface area contributed by atoms with Crippen molar-refractivity contribution in [3.8, 4) is 5.75 Å². The summed E-state index contributed by atoms with van der Waals surface area (Å²) >= 11 is 6.26. The number of halogens is 4. The second kappa shape index (κ2) is 5.80. The fraction of sp³-hybridized carbons (Fsp3) is 0.0769. The smallest absolute Gasteiger partial charge is 0.141 e. The highest BCUT2D eigenvalue weighted by Gasteiger charge is 2.03. The highest BCUT2D eigenvalue weighted by molar-refractivity contribution is 9.10. The van der Waals surface area contributed by atoms with Crippen molar-refractivity contribution in [2.45, 2.75) is 6.61 Å². The Kier molecular flexibility index (Phi) is 4.35. The van der Waals surface area contributed by atoms with Crippen molar-refractivity contribution in [1.82, 2.24) is 0 Å². The summed E-state index contributed by atoms with van der Waals surface area (Å²) in [7, 11) is 0. The van der Waals surface area contributed by atoms with Gasteiger partial charge in [0.2, 0.25) is 0 Å². The molecule has 0 N–H and O–H groups in total. The largest absolute Gasteiger partial charge is 0.489 e. The molecule has 2 aromatic rings. The SMILES string of the molecule is Fc1cc(Br)cc(COc2ccc(Br)c(F)c2)c1. The van der Waals surface area contributed by atoms with Gasteiger partial charge >= 0.3 is 0 Å². The number of benzene rings is 2. The Bertz CT molecular complexity index is 553. The summed E-state index contributed by atoms with van der Waals surface area (Å²) in [5.41, 5.74) is 0.671. The molecule has 0 bridgehead atoms. The molecule has 0 unspecified atom stereocenters. The Balaban J connectivity index is 2.08. The molecule has 1 nitrogen and oxygen atoms in total. The van der Waals surface area contributed by atoms with Gasteiger partial charge in [-0.05, 0) is 51.8 Å². The van der Waals surface area contributed by atoms with E-state index in [1.165, 1.54) is 18.2 Å². The molecule has 5 heteroatoms. The van der Waals surface area contributed by atoms with Gasteiger partial charge in [-0.25, -0.2) is 8.78 Å². The van der Waals surface area contributed by atoms with E-state index in [2.05, 4.69) is 31.9 Å². The summed E-state index contributed by atoms with van der Waals surface area (Å²) in [6.45, 7) is 0.178. The number of rotatable bonds is 3. The summed E-state index contributed by atoms with van der Waals surface area (Å²) in [4.78, 5) is 0. The van der Waals surface area contributed by atoms with Crippen LogP contribution in [0.5, 0.6) is 5.75 Å². The van der Waals surface area contributed by atoms with Crippen LogP contribution in [0.4, 0.5) is 8.78 Å². The maximum absolute atomic E-state index is 13.2. The highest BCUT2D eigenvalue weighted by atomic mass is 79.9. The van der Waals surface area contributed by atoms with Crippen LogP contribution in [0.2, 0.25) is 0 Å². The summed E-state index contributed by atoms with van der Waals surface area (Å²) in [6.07, 6.45) is 0. The molecule has 0 heterocycles. The maximum atomic E-state index is 13.2. The molecule has 0 amide bonds. The molecule has 0 saturated carbocycles. The first-order valence-corrected chi connectivity index (χ1v) is 6.66. The Hall–Kier alpha value is -0.940. The van der Waals surface area contributed by atoms with Gasteiger partial charge in [-0.1, -0.05) is 15.9 Å². The van der Waals surface area contributed by atoms with E-state index in [-0.39, 0.29) is 12.4 Å². The van der Waals surface area contributed by atoms with Crippen molar-refractivity contribution in [3.05, 3.63) is 62.5 Å². The van der Waals surface area contributed by atoms with Crippen LogP contribution in [0.15, 0.2) is 45.3 Å². The molecule has 0 aliphatic rings. The van der Waals surface area contributed by atoms with Gasteiger partial charge in [0, 0.05) is 10.5 Å². The molecule has 0 atom stereocenters.